The molecule has 4 atom stereocenters. The first kappa shape index (κ1) is 19.5. The van der Waals surface area contributed by atoms with Crippen molar-refractivity contribution < 1.29 is 4.79 Å². The normalized spacial score (nSPS) is 22.7. The fraction of sp³-hybridized carbons (Fsp3) is 0.320. The van der Waals surface area contributed by atoms with E-state index in [0.717, 1.165) is 41.6 Å². The zero-order valence-electron chi connectivity index (χ0n) is 17.2. The molecule has 0 radical (unpaired) electrons. The molecule has 1 aromatic heterocycles. The van der Waals surface area contributed by atoms with Gasteiger partial charge in [-0.25, -0.2) is 4.98 Å². The Labute approximate surface area is 181 Å². The van der Waals surface area contributed by atoms with Crippen molar-refractivity contribution in [2.75, 3.05) is 0 Å². The van der Waals surface area contributed by atoms with E-state index in [1.807, 2.05) is 22.9 Å². The minimum absolute atomic E-state index is 0.0339. The van der Waals surface area contributed by atoms with Crippen molar-refractivity contribution in [1.29, 1.82) is 5.26 Å². The summed E-state index contributed by atoms with van der Waals surface area (Å²) in [7, 11) is 0. The van der Waals surface area contributed by atoms with Crippen molar-refractivity contribution in [3.63, 3.8) is 0 Å². The van der Waals surface area contributed by atoms with Gasteiger partial charge < -0.3 is 15.2 Å². The Balaban J connectivity index is 1.21. The molecule has 2 aromatic carbocycles. The molecule has 6 nitrogen and oxygen atoms in total. The third-order valence-electron chi connectivity index (χ3n) is 6.51. The Morgan fingerprint density at radius 1 is 1.16 bits per heavy atom. The number of fused-ring (bicyclic) bond motifs is 2. The number of nitrogens with zero attached hydrogens (tertiary/aromatic N) is 3. The van der Waals surface area contributed by atoms with E-state index in [-0.39, 0.29) is 11.9 Å². The number of rotatable bonds is 6. The average molecular weight is 412 g/mol. The van der Waals surface area contributed by atoms with Crippen LogP contribution in [0.1, 0.15) is 24.8 Å². The van der Waals surface area contributed by atoms with Gasteiger partial charge in [-0.2, -0.15) is 5.26 Å². The molecule has 1 saturated carbocycles. The highest BCUT2D eigenvalue weighted by atomic mass is 16.2. The summed E-state index contributed by atoms with van der Waals surface area (Å²) in [6.45, 7) is 0. The molecule has 1 saturated heterocycles. The molecule has 2 heterocycles. The standard InChI is InChI=1S/C25H25N5O/c26-15-22(29-25(31)24-20-5-8-21(14-20)28-24)13-17-1-3-18(4-2-17)19-6-9-23(10-7-19)30-12-11-27-16-30/h1-4,6-7,9-12,16,20-22,24,28H,5,8,13-14H2,(H,29,31)/t20-,21+,22-,24-/m0/s1. The third kappa shape index (κ3) is 4.10. The van der Waals surface area contributed by atoms with Crippen molar-refractivity contribution in [3.05, 3.63) is 72.8 Å². The van der Waals surface area contributed by atoms with Crippen LogP contribution in [-0.4, -0.2) is 33.6 Å². The highest BCUT2D eigenvalue weighted by Gasteiger charge is 2.43. The molecule has 1 aliphatic heterocycles. The van der Waals surface area contributed by atoms with E-state index < -0.39 is 6.04 Å². The summed E-state index contributed by atoms with van der Waals surface area (Å²) in [5.74, 6) is 0.386. The number of aromatic nitrogens is 2. The van der Waals surface area contributed by atoms with Gasteiger partial charge in [-0.15, -0.1) is 0 Å². The van der Waals surface area contributed by atoms with Gasteiger partial charge in [0.05, 0.1) is 18.4 Å². The van der Waals surface area contributed by atoms with Crippen LogP contribution in [0.15, 0.2) is 67.3 Å². The minimum atomic E-state index is -0.520. The number of nitrogens with one attached hydrogen (secondary N) is 2. The van der Waals surface area contributed by atoms with Crippen LogP contribution in [-0.2, 0) is 11.2 Å². The fourth-order valence-corrected chi connectivity index (χ4v) is 4.85. The number of amides is 1. The lowest BCUT2D eigenvalue weighted by Crippen LogP contribution is -2.50. The molecule has 0 unspecified atom stereocenters. The van der Waals surface area contributed by atoms with Gasteiger partial charge in [0.15, 0.2) is 0 Å². The van der Waals surface area contributed by atoms with Gasteiger partial charge in [0.2, 0.25) is 5.91 Å². The van der Waals surface area contributed by atoms with E-state index in [0.29, 0.717) is 18.4 Å². The second-order valence-electron chi connectivity index (χ2n) is 8.52. The zero-order valence-corrected chi connectivity index (χ0v) is 17.2. The topological polar surface area (TPSA) is 82.7 Å². The lowest BCUT2D eigenvalue weighted by atomic mass is 9.98. The highest BCUT2D eigenvalue weighted by molar-refractivity contribution is 5.83. The third-order valence-corrected chi connectivity index (χ3v) is 6.51. The highest BCUT2D eigenvalue weighted by Crippen LogP contribution is 2.35. The maximum atomic E-state index is 12.6. The van der Waals surface area contributed by atoms with E-state index in [1.165, 1.54) is 0 Å². The minimum Gasteiger partial charge on any atom is -0.339 e. The molecule has 2 aliphatic rings. The lowest BCUT2D eigenvalue weighted by molar-refractivity contribution is -0.124. The maximum absolute atomic E-state index is 12.6. The SMILES string of the molecule is N#C[C@H](Cc1ccc(-c2ccc(-n3ccnc3)cc2)cc1)NC(=O)[C@H]1N[C@@H]2CC[C@H]1C2. The predicted octanol–water partition coefficient (Wildman–Crippen LogP) is 3.23. The van der Waals surface area contributed by atoms with E-state index in [2.05, 4.69) is 58.1 Å². The van der Waals surface area contributed by atoms with Crippen LogP contribution in [0.5, 0.6) is 0 Å². The second kappa shape index (κ2) is 8.37. The maximum Gasteiger partial charge on any atom is 0.238 e. The monoisotopic (exact) mass is 411 g/mol. The van der Waals surface area contributed by atoms with Crippen molar-refractivity contribution in [2.24, 2.45) is 5.92 Å². The van der Waals surface area contributed by atoms with Gasteiger partial charge in [0, 0.05) is 30.5 Å². The van der Waals surface area contributed by atoms with E-state index in [1.54, 1.807) is 12.5 Å². The number of benzene rings is 2. The van der Waals surface area contributed by atoms with E-state index in [9.17, 15) is 10.1 Å². The van der Waals surface area contributed by atoms with Gasteiger partial charge in [0.1, 0.15) is 6.04 Å². The molecule has 156 valence electrons. The van der Waals surface area contributed by atoms with Gasteiger partial charge in [-0.3, -0.25) is 4.79 Å². The molecule has 1 aliphatic carbocycles. The number of piperidine rings is 1. The van der Waals surface area contributed by atoms with Crippen LogP contribution in [0.2, 0.25) is 0 Å². The summed E-state index contributed by atoms with van der Waals surface area (Å²) >= 11 is 0. The van der Waals surface area contributed by atoms with Crippen LogP contribution in [0.4, 0.5) is 0 Å². The van der Waals surface area contributed by atoms with Crippen molar-refractivity contribution >= 4 is 5.91 Å². The predicted molar refractivity (Wildman–Crippen MR) is 118 cm³/mol. The molecule has 2 bridgehead atoms. The van der Waals surface area contributed by atoms with Gasteiger partial charge in [0.25, 0.3) is 0 Å². The quantitative estimate of drug-likeness (QED) is 0.652. The Hall–Kier alpha value is -3.43. The summed E-state index contributed by atoms with van der Waals surface area (Å²) in [6, 6.07) is 18.6. The average Bonchev–Trinajstić information content (AvgIpc) is 3.58. The first-order chi connectivity index (χ1) is 15.2. The number of nitriles is 1. The Bertz CT molecular complexity index is 1080. The Morgan fingerprint density at radius 3 is 2.48 bits per heavy atom. The number of hydrogen-bond acceptors (Lipinski definition) is 4. The smallest absolute Gasteiger partial charge is 0.238 e. The molecule has 1 amide bonds. The van der Waals surface area contributed by atoms with Crippen LogP contribution in [0.3, 0.4) is 0 Å². The molecule has 5 rings (SSSR count). The van der Waals surface area contributed by atoms with Gasteiger partial charge in [-0.05, 0) is 54.0 Å². The van der Waals surface area contributed by atoms with E-state index in [4.69, 9.17) is 0 Å². The molecule has 31 heavy (non-hydrogen) atoms. The fourth-order valence-electron chi connectivity index (χ4n) is 4.85. The summed E-state index contributed by atoms with van der Waals surface area (Å²) in [4.78, 5) is 16.7. The number of imidazole rings is 1. The molecule has 0 spiro atoms. The van der Waals surface area contributed by atoms with Crippen LogP contribution >= 0.6 is 0 Å². The van der Waals surface area contributed by atoms with Crippen LogP contribution < -0.4 is 10.6 Å². The van der Waals surface area contributed by atoms with Crippen molar-refractivity contribution in [3.8, 4) is 22.9 Å². The summed E-state index contributed by atoms with van der Waals surface area (Å²) < 4.78 is 1.97. The molecule has 3 aromatic rings. The lowest BCUT2D eigenvalue weighted by Gasteiger charge is -2.23. The van der Waals surface area contributed by atoms with Crippen molar-refractivity contribution in [1.82, 2.24) is 20.2 Å². The summed E-state index contributed by atoms with van der Waals surface area (Å²) in [6.07, 6.45) is 9.32. The molecule has 6 heteroatoms. The molecular weight excluding hydrogens is 386 g/mol. The van der Waals surface area contributed by atoms with Crippen LogP contribution in [0, 0.1) is 17.2 Å². The van der Waals surface area contributed by atoms with Gasteiger partial charge >= 0.3 is 0 Å². The molecular formula is C25H25N5O. The second-order valence-corrected chi connectivity index (χ2v) is 8.52. The first-order valence-corrected chi connectivity index (χ1v) is 10.8. The Morgan fingerprint density at radius 2 is 1.90 bits per heavy atom. The van der Waals surface area contributed by atoms with Crippen molar-refractivity contribution in [2.45, 2.75) is 43.8 Å². The molecule has 2 fully saturated rings. The summed E-state index contributed by atoms with van der Waals surface area (Å²) in [5, 5.41) is 15.9. The zero-order chi connectivity index (χ0) is 21.2. The number of carbonyl (C=O) groups excluding carboxylic acids is 1. The number of carbonyl (C=O) groups is 1. The largest absolute Gasteiger partial charge is 0.339 e. The molecule has 2 N–H and O–H groups in total. The number of hydrogen-bond donors (Lipinski definition) is 2. The van der Waals surface area contributed by atoms with Gasteiger partial charge in [-0.1, -0.05) is 36.4 Å². The van der Waals surface area contributed by atoms with E-state index >= 15 is 0 Å². The summed E-state index contributed by atoms with van der Waals surface area (Å²) in [5.41, 5.74) is 4.34. The first-order valence-electron chi connectivity index (χ1n) is 10.8. The van der Waals surface area contributed by atoms with Crippen LogP contribution in [0.25, 0.3) is 16.8 Å². The Kier molecular flexibility index (Phi) is 5.27.